The largest absolute Gasteiger partial charge is 0.489 e. The van der Waals surface area contributed by atoms with Crippen molar-refractivity contribution in [1.82, 2.24) is 14.7 Å². The number of aromatic nitrogens is 2. The van der Waals surface area contributed by atoms with E-state index in [4.69, 9.17) is 26.8 Å². The van der Waals surface area contributed by atoms with Crippen molar-refractivity contribution in [3.05, 3.63) is 107 Å². The van der Waals surface area contributed by atoms with Gasteiger partial charge in [-0.3, -0.25) is 9.69 Å². The van der Waals surface area contributed by atoms with Crippen LogP contribution in [0.2, 0.25) is 0 Å². The normalized spacial score (nSPS) is 14.5. The Labute approximate surface area is 225 Å². The standard InChI is InChI=1S/C29H25N3O3S2/c1-34-16-15-31-28(33)26(37-29(31)36)18-23-19-32(24-12-6-3-7-13-24)30-27(23)22-11-8-14-25(17-22)35-20-21-9-4-2-5-10-21/h2-14,17-19H,15-16,20H2,1H3. The Morgan fingerprint density at radius 1 is 1.00 bits per heavy atom. The number of carbonyl (C=O) groups excluding carboxylic acids is 1. The molecule has 0 bridgehead atoms. The highest BCUT2D eigenvalue weighted by Crippen LogP contribution is 2.35. The van der Waals surface area contributed by atoms with Crippen molar-refractivity contribution >= 4 is 40.3 Å². The number of ether oxygens (including phenoxy) is 2. The number of methoxy groups -OCH3 is 1. The minimum Gasteiger partial charge on any atom is -0.489 e. The van der Waals surface area contributed by atoms with E-state index in [1.807, 2.05) is 102 Å². The number of nitrogens with zero attached hydrogens (tertiary/aromatic N) is 3. The van der Waals surface area contributed by atoms with Gasteiger partial charge >= 0.3 is 0 Å². The summed E-state index contributed by atoms with van der Waals surface area (Å²) < 4.78 is 13.5. The minimum atomic E-state index is -0.120. The smallest absolute Gasteiger partial charge is 0.266 e. The summed E-state index contributed by atoms with van der Waals surface area (Å²) in [6.45, 7) is 1.32. The molecule has 8 heteroatoms. The van der Waals surface area contributed by atoms with Crippen LogP contribution >= 0.6 is 24.0 Å². The van der Waals surface area contributed by atoms with E-state index in [0.717, 1.165) is 33.8 Å². The van der Waals surface area contributed by atoms with E-state index in [9.17, 15) is 4.79 Å². The summed E-state index contributed by atoms with van der Waals surface area (Å²) in [5.74, 6) is 0.623. The Balaban J connectivity index is 1.49. The molecule has 1 fully saturated rings. The quantitative estimate of drug-likeness (QED) is 0.198. The van der Waals surface area contributed by atoms with Gasteiger partial charge in [-0.15, -0.1) is 0 Å². The number of para-hydroxylation sites is 1. The van der Waals surface area contributed by atoms with Crippen LogP contribution in [0.3, 0.4) is 0 Å². The van der Waals surface area contributed by atoms with Crippen molar-refractivity contribution in [2.45, 2.75) is 6.61 Å². The van der Waals surface area contributed by atoms with Gasteiger partial charge in [0.2, 0.25) is 0 Å². The van der Waals surface area contributed by atoms with Gasteiger partial charge in [0.15, 0.2) is 0 Å². The summed E-state index contributed by atoms with van der Waals surface area (Å²) in [7, 11) is 1.61. The highest BCUT2D eigenvalue weighted by atomic mass is 32.2. The van der Waals surface area contributed by atoms with E-state index in [1.165, 1.54) is 11.8 Å². The van der Waals surface area contributed by atoms with Crippen LogP contribution in [0, 0.1) is 0 Å². The Hall–Kier alpha value is -3.72. The maximum Gasteiger partial charge on any atom is 0.266 e. The fraction of sp³-hybridized carbons (Fsp3) is 0.138. The molecule has 0 spiro atoms. The molecular formula is C29H25N3O3S2. The third-order valence-corrected chi connectivity index (χ3v) is 7.18. The molecule has 186 valence electrons. The van der Waals surface area contributed by atoms with Crippen LogP contribution in [-0.2, 0) is 16.1 Å². The molecule has 5 rings (SSSR count). The SMILES string of the molecule is COCCN1C(=O)C(=Cc2cn(-c3ccccc3)nc2-c2cccc(OCc3ccccc3)c2)SC1=S. The third-order valence-electron chi connectivity index (χ3n) is 5.80. The fourth-order valence-corrected chi connectivity index (χ4v) is 5.22. The van der Waals surface area contributed by atoms with Gasteiger partial charge < -0.3 is 9.47 Å². The average Bonchev–Trinajstić information content (AvgIpc) is 3.48. The lowest BCUT2D eigenvalue weighted by molar-refractivity contribution is -0.122. The second-order valence-electron chi connectivity index (χ2n) is 8.34. The maximum absolute atomic E-state index is 13.1. The van der Waals surface area contributed by atoms with Crippen molar-refractivity contribution in [2.24, 2.45) is 0 Å². The predicted molar refractivity (Wildman–Crippen MR) is 152 cm³/mol. The molecule has 3 aromatic carbocycles. The van der Waals surface area contributed by atoms with Crippen LogP contribution in [0.5, 0.6) is 5.75 Å². The molecule has 1 aromatic heterocycles. The number of carbonyl (C=O) groups is 1. The van der Waals surface area contributed by atoms with Crippen LogP contribution < -0.4 is 4.74 Å². The molecule has 6 nitrogen and oxygen atoms in total. The zero-order chi connectivity index (χ0) is 25.6. The van der Waals surface area contributed by atoms with Crippen LogP contribution in [0.15, 0.2) is 96.0 Å². The molecule has 1 aliphatic rings. The Kier molecular flexibility index (Phi) is 7.79. The van der Waals surface area contributed by atoms with Gasteiger partial charge in [0.1, 0.15) is 22.4 Å². The van der Waals surface area contributed by atoms with E-state index >= 15 is 0 Å². The summed E-state index contributed by atoms with van der Waals surface area (Å²) in [4.78, 5) is 15.2. The highest BCUT2D eigenvalue weighted by Gasteiger charge is 2.32. The topological polar surface area (TPSA) is 56.6 Å². The number of thiocarbonyl (C=S) groups is 1. The second kappa shape index (κ2) is 11.6. The molecule has 0 N–H and O–H groups in total. The number of benzene rings is 3. The Morgan fingerprint density at radius 3 is 2.51 bits per heavy atom. The van der Waals surface area contributed by atoms with E-state index in [2.05, 4.69) is 0 Å². The predicted octanol–water partition coefficient (Wildman–Crippen LogP) is 5.97. The molecule has 1 saturated heterocycles. The second-order valence-corrected chi connectivity index (χ2v) is 10.0. The van der Waals surface area contributed by atoms with Gasteiger partial charge in [-0.1, -0.05) is 84.6 Å². The van der Waals surface area contributed by atoms with Gasteiger partial charge in [-0.25, -0.2) is 4.68 Å². The van der Waals surface area contributed by atoms with Gasteiger partial charge in [0.05, 0.1) is 23.7 Å². The number of hydrogen-bond donors (Lipinski definition) is 0. The van der Waals surface area contributed by atoms with Crippen LogP contribution in [-0.4, -0.2) is 45.2 Å². The minimum absolute atomic E-state index is 0.120. The molecule has 4 aromatic rings. The first-order chi connectivity index (χ1) is 18.1. The van der Waals surface area contributed by atoms with Crippen molar-refractivity contribution in [3.8, 4) is 22.7 Å². The van der Waals surface area contributed by atoms with Crippen molar-refractivity contribution < 1.29 is 14.3 Å². The summed E-state index contributed by atoms with van der Waals surface area (Å²) in [6.07, 6.45) is 3.80. The summed E-state index contributed by atoms with van der Waals surface area (Å²) in [5.41, 5.74) is 4.47. The summed E-state index contributed by atoms with van der Waals surface area (Å²) in [5, 5.41) is 4.89. The Bertz CT molecular complexity index is 1440. The van der Waals surface area contributed by atoms with Gasteiger partial charge in [-0.2, -0.15) is 5.10 Å². The van der Waals surface area contributed by atoms with E-state index in [0.29, 0.717) is 29.0 Å². The van der Waals surface area contributed by atoms with Crippen molar-refractivity contribution in [3.63, 3.8) is 0 Å². The third kappa shape index (κ3) is 5.83. The lowest BCUT2D eigenvalue weighted by Gasteiger charge is -2.12. The van der Waals surface area contributed by atoms with E-state index in [1.54, 1.807) is 12.0 Å². The molecule has 2 heterocycles. The molecule has 0 aliphatic carbocycles. The average molecular weight is 528 g/mol. The maximum atomic E-state index is 13.1. The zero-order valence-corrected chi connectivity index (χ0v) is 21.9. The Morgan fingerprint density at radius 2 is 1.76 bits per heavy atom. The number of hydrogen-bond acceptors (Lipinski definition) is 6. The molecule has 1 amide bonds. The van der Waals surface area contributed by atoms with Gasteiger partial charge in [0, 0.05) is 24.4 Å². The fourth-order valence-electron chi connectivity index (χ4n) is 3.92. The first kappa shape index (κ1) is 25.0. The lowest BCUT2D eigenvalue weighted by atomic mass is 10.1. The van der Waals surface area contributed by atoms with E-state index in [-0.39, 0.29) is 5.91 Å². The molecule has 0 saturated carbocycles. The van der Waals surface area contributed by atoms with Crippen molar-refractivity contribution in [2.75, 3.05) is 20.3 Å². The molecule has 1 aliphatic heterocycles. The first-order valence-electron chi connectivity index (χ1n) is 11.8. The molecule has 0 atom stereocenters. The van der Waals surface area contributed by atoms with Crippen LogP contribution in [0.1, 0.15) is 11.1 Å². The molecular weight excluding hydrogens is 502 g/mol. The highest BCUT2D eigenvalue weighted by molar-refractivity contribution is 8.26. The van der Waals surface area contributed by atoms with Crippen LogP contribution in [0.4, 0.5) is 0 Å². The van der Waals surface area contributed by atoms with Gasteiger partial charge in [-0.05, 0) is 35.9 Å². The number of rotatable bonds is 9. The van der Waals surface area contributed by atoms with Gasteiger partial charge in [0.25, 0.3) is 5.91 Å². The summed E-state index contributed by atoms with van der Waals surface area (Å²) in [6, 6.07) is 27.8. The first-order valence-corrected chi connectivity index (χ1v) is 13.0. The number of thioether (sulfide) groups is 1. The van der Waals surface area contributed by atoms with Crippen LogP contribution in [0.25, 0.3) is 23.0 Å². The monoisotopic (exact) mass is 527 g/mol. The molecule has 0 radical (unpaired) electrons. The lowest BCUT2D eigenvalue weighted by Crippen LogP contribution is -2.31. The molecule has 0 unspecified atom stereocenters. The van der Waals surface area contributed by atoms with E-state index < -0.39 is 0 Å². The number of amides is 1. The molecule has 37 heavy (non-hydrogen) atoms. The zero-order valence-electron chi connectivity index (χ0n) is 20.2. The van der Waals surface area contributed by atoms with Crippen molar-refractivity contribution in [1.29, 1.82) is 0 Å². The summed E-state index contributed by atoms with van der Waals surface area (Å²) >= 11 is 6.75.